The fourth-order valence-electron chi connectivity index (χ4n) is 3.71. The van der Waals surface area contributed by atoms with Crippen molar-refractivity contribution in [1.82, 2.24) is 9.55 Å². The number of methoxy groups -OCH3 is 1. The molecule has 2 aromatic carbocycles. The lowest BCUT2D eigenvalue weighted by atomic mass is 10.1. The fourth-order valence-corrected chi connectivity index (χ4v) is 3.84. The molecule has 0 saturated carbocycles. The predicted octanol–water partition coefficient (Wildman–Crippen LogP) is 3.75. The summed E-state index contributed by atoms with van der Waals surface area (Å²) in [5.41, 5.74) is 6.62. The van der Waals surface area contributed by atoms with E-state index in [9.17, 15) is 14.4 Å². The van der Waals surface area contributed by atoms with E-state index in [-0.39, 0.29) is 30.4 Å². The molecule has 0 unspecified atom stereocenters. The monoisotopic (exact) mass is 484 g/mol. The molecule has 0 aliphatic heterocycles. The number of nitrogens with one attached hydrogen (secondary N) is 1. The second-order valence-electron chi connectivity index (χ2n) is 7.92. The number of aromatic amines is 1. The Morgan fingerprint density at radius 1 is 1.15 bits per heavy atom. The van der Waals surface area contributed by atoms with Crippen LogP contribution in [0.5, 0.6) is 5.75 Å². The lowest BCUT2D eigenvalue weighted by Crippen LogP contribution is -2.41. The van der Waals surface area contributed by atoms with Gasteiger partial charge in [0.2, 0.25) is 5.91 Å². The first kappa shape index (κ1) is 25.1. The maximum absolute atomic E-state index is 13.5. The second kappa shape index (κ2) is 11.6. The molecular weight excluding hydrogens is 456 g/mol. The third-order valence-corrected chi connectivity index (χ3v) is 5.83. The number of aromatic nitrogens is 2. The lowest BCUT2D eigenvalue weighted by molar-refractivity contribution is -0.118. The Morgan fingerprint density at radius 2 is 1.85 bits per heavy atom. The third kappa shape index (κ3) is 5.88. The Hall–Kier alpha value is -3.52. The molecule has 3 rings (SSSR count). The Morgan fingerprint density at radius 3 is 2.53 bits per heavy atom. The van der Waals surface area contributed by atoms with E-state index < -0.39 is 11.2 Å². The molecule has 0 saturated heterocycles. The average molecular weight is 485 g/mol. The third-order valence-electron chi connectivity index (χ3n) is 5.58. The number of ether oxygens (including phenoxy) is 1. The number of aryl methyl sites for hydroxylation is 1. The minimum absolute atomic E-state index is 0.0306. The molecule has 0 aliphatic rings. The molecular formula is C25H29ClN4O4. The highest BCUT2D eigenvalue weighted by Crippen LogP contribution is 2.25. The summed E-state index contributed by atoms with van der Waals surface area (Å²) in [6.45, 7) is 2.39. The van der Waals surface area contributed by atoms with Gasteiger partial charge in [-0.1, -0.05) is 55.3 Å². The molecule has 3 aromatic rings. The quantitative estimate of drug-likeness (QED) is 0.455. The molecule has 0 atom stereocenters. The number of rotatable bonds is 10. The van der Waals surface area contributed by atoms with Crippen LogP contribution in [0, 0.1) is 0 Å². The van der Waals surface area contributed by atoms with E-state index in [1.54, 1.807) is 18.2 Å². The van der Waals surface area contributed by atoms with Gasteiger partial charge in [-0.3, -0.25) is 24.0 Å². The molecule has 3 N–H and O–H groups in total. The lowest BCUT2D eigenvalue weighted by Gasteiger charge is -2.25. The molecule has 1 amide bonds. The largest absolute Gasteiger partial charge is 0.496 e. The zero-order chi connectivity index (χ0) is 24.7. The van der Waals surface area contributed by atoms with Crippen molar-refractivity contribution < 1.29 is 9.53 Å². The topological polar surface area (TPSA) is 110 Å². The highest BCUT2D eigenvalue weighted by molar-refractivity contribution is 6.30. The molecule has 0 spiro atoms. The Bertz CT molecular complexity index is 1250. The van der Waals surface area contributed by atoms with Gasteiger partial charge in [-0.2, -0.15) is 0 Å². The standard InChI is InChI=1S/C25H29ClN4O4/c1-3-4-15-29-23(27)22(24(32)28-25(29)33)30(16-18-7-5-6-8-20(18)34-2)21(31)14-11-17-9-12-19(26)13-10-17/h5-10,12-13H,3-4,11,14-16,27H2,1-2H3,(H,28,32,33). The molecule has 180 valence electrons. The molecule has 1 aromatic heterocycles. The number of H-pyrrole nitrogens is 1. The van der Waals surface area contributed by atoms with Crippen molar-refractivity contribution in [1.29, 1.82) is 0 Å². The maximum atomic E-state index is 13.5. The van der Waals surface area contributed by atoms with Gasteiger partial charge in [0.25, 0.3) is 5.56 Å². The fraction of sp³-hybridized carbons (Fsp3) is 0.320. The van der Waals surface area contributed by atoms with Gasteiger partial charge >= 0.3 is 5.69 Å². The molecule has 34 heavy (non-hydrogen) atoms. The number of para-hydroxylation sites is 1. The number of carbonyl (C=O) groups is 1. The van der Waals surface area contributed by atoms with E-state index in [0.29, 0.717) is 35.7 Å². The van der Waals surface area contributed by atoms with Crippen LogP contribution in [0.15, 0.2) is 58.1 Å². The van der Waals surface area contributed by atoms with Crippen LogP contribution in [0.25, 0.3) is 0 Å². The molecule has 8 nitrogen and oxygen atoms in total. The summed E-state index contributed by atoms with van der Waals surface area (Å²) in [5.74, 6) is 0.239. The number of unbranched alkanes of at least 4 members (excludes halogenated alkanes) is 1. The van der Waals surface area contributed by atoms with Crippen LogP contribution in [0.3, 0.4) is 0 Å². The smallest absolute Gasteiger partial charge is 0.330 e. The van der Waals surface area contributed by atoms with Crippen molar-refractivity contribution >= 4 is 29.0 Å². The minimum atomic E-state index is -0.704. The first-order valence-electron chi connectivity index (χ1n) is 11.1. The summed E-state index contributed by atoms with van der Waals surface area (Å²) in [5, 5.41) is 0.613. The SMILES string of the molecule is CCCCn1c(N)c(N(Cc2ccccc2OC)C(=O)CCc2ccc(Cl)cc2)c(=O)[nH]c1=O. The van der Waals surface area contributed by atoms with Crippen molar-refractivity contribution in [3.05, 3.63) is 85.5 Å². The van der Waals surface area contributed by atoms with Crippen molar-refractivity contribution in [2.75, 3.05) is 17.7 Å². The summed E-state index contributed by atoms with van der Waals surface area (Å²) in [6.07, 6.45) is 2.12. The number of benzene rings is 2. The average Bonchev–Trinajstić information content (AvgIpc) is 2.83. The molecule has 0 bridgehead atoms. The van der Waals surface area contributed by atoms with Crippen LogP contribution in [-0.2, 0) is 24.3 Å². The van der Waals surface area contributed by atoms with Crippen molar-refractivity contribution in [2.24, 2.45) is 0 Å². The van der Waals surface area contributed by atoms with Crippen LogP contribution < -0.4 is 26.6 Å². The van der Waals surface area contributed by atoms with Gasteiger partial charge in [-0.15, -0.1) is 0 Å². The normalized spacial score (nSPS) is 10.8. The van der Waals surface area contributed by atoms with Gasteiger partial charge in [0, 0.05) is 23.6 Å². The highest BCUT2D eigenvalue weighted by Gasteiger charge is 2.25. The Labute approximate surface area is 202 Å². The van der Waals surface area contributed by atoms with E-state index in [4.69, 9.17) is 22.1 Å². The van der Waals surface area contributed by atoms with Crippen molar-refractivity contribution in [3.63, 3.8) is 0 Å². The molecule has 1 heterocycles. The summed E-state index contributed by atoms with van der Waals surface area (Å²) < 4.78 is 6.74. The number of carbonyl (C=O) groups excluding carboxylic acids is 1. The molecule has 0 aliphatic carbocycles. The summed E-state index contributed by atoms with van der Waals surface area (Å²) in [4.78, 5) is 42.4. The predicted molar refractivity (Wildman–Crippen MR) is 135 cm³/mol. The van der Waals surface area contributed by atoms with Crippen molar-refractivity contribution in [3.8, 4) is 5.75 Å². The Kier molecular flexibility index (Phi) is 8.54. The highest BCUT2D eigenvalue weighted by atomic mass is 35.5. The van der Waals surface area contributed by atoms with Crippen LogP contribution in [0.4, 0.5) is 11.5 Å². The van der Waals surface area contributed by atoms with Crippen LogP contribution in [-0.4, -0.2) is 22.6 Å². The number of amides is 1. The number of hydrogen-bond acceptors (Lipinski definition) is 5. The second-order valence-corrected chi connectivity index (χ2v) is 8.35. The van der Waals surface area contributed by atoms with Crippen LogP contribution >= 0.6 is 11.6 Å². The van der Waals surface area contributed by atoms with E-state index in [2.05, 4.69) is 4.98 Å². The summed E-state index contributed by atoms with van der Waals surface area (Å²) in [7, 11) is 1.54. The van der Waals surface area contributed by atoms with Crippen molar-refractivity contribution in [2.45, 2.75) is 45.7 Å². The minimum Gasteiger partial charge on any atom is -0.496 e. The number of nitrogens with zero attached hydrogens (tertiary/aromatic N) is 2. The van der Waals surface area contributed by atoms with Crippen LogP contribution in [0.1, 0.15) is 37.3 Å². The number of halogens is 1. The first-order chi connectivity index (χ1) is 16.3. The van der Waals surface area contributed by atoms with Gasteiger partial charge in [0.1, 0.15) is 11.6 Å². The first-order valence-corrected chi connectivity index (χ1v) is 11.5. The zero-order valence-corrected chi connectivity index (χ0v) is 20.1. The van der Waals surface area contributed by atoms with E-state index in [1.807, 2.05) is 37.3 Å². The molecule has 0 fully saturated rings. The summed E-state index contributed by atoms with van der Waals surface area (Å²) in [6, 6.07) is 14.5. The maximum Gasteiger partial charge on any atom is 0.330 e. The summed E-state index contributed by atoms with van der Waals surface area (Å²) >= 11 is 5.96. The van der Waals surface area contributed by atoms with Gasteiger partial charge in [-0.25, -0.2) is 4.79 Å². The van der Waals surface area contributed by atoms with Gasteiger partial charge in [0.15, 0.2) is 5.69 Å². The van der Waals surface area contributed by atoms with E-state index >= 15 is 0 Å². The zero-order valence-electron chi connectivity index (χ0n) is 19.3. The number of hydrogen-bond donors (Lipinski definition) is 2. The van der Waals surface area contributed by atoms with Gasteiger partial charge < -0.3 is 10.5 Å². The molecule has 9 heteroatoms. The van der Waals surface area contributed by atoms with E-state index in [1.165, 1.54) is 16.6 Å². The van der Waals surface area contributed by atoms with Crippen LogP contribution in [0.2, 0.25) is 5.02 Å². The number of nitrogen functional groups attached to an aromatic ring is 1. The number of anilines is 2. The number of nitrogens with two attached hydrogens (primary N) is 1. The van der Waals surface area contributed by atoms with Gasteiger partial charge in [-0.05, 0) is 36.6 Å². The Balaban J connectivity index is 2.02. The van der Waals surface area contributed by atoms with E-state index in [0.717, 1.165) is 12.0 Å². The van der Waals surface area contributed by atoms with Gasteiger partial charge in [0.05, 0.1) is 13.7 Å². The molecule has 0 radical (unpaired) electrons.